The number of halogens is 1. The van der Waals surface area contributed by atoms with E-state index in [4.69, 9.17) is 11.6 Å². The van der Waals surface area contributed by atoms with Gasteiger partial charge in [0, 0.05) is 28.5 Å². The Morgan fingerprint density at radius 2 is 2.14 bits per heavy atom. The van der Waals surface area contributed by atoms with Crippen molar-refractivity contribution in [2.45, 2.75) is 43.7 Å². The van der Waals surface area contributed by atoms with Crippen molar-refractivity contribution >= 4 is 23.4 Å². The number of likely N-dealkylation sites (N-methyl/N-ethyl adjacent to an activating group) is 1. The van der Waals surface area contributed by atoms with Crippen molar-refractivity contribution in [2.24, 2.45) is 5.92 Å². The molecule has 0 radical (unpaired) electrons. The van der Waals surface area contributed by atoms with E-state index in [-0.39, 0.29) is 0 Å². The minimum Gasteiger partial charge on any atom is -0.308 e. The van der Waals surface area contributed by atoms with E-state index in [1.807, 2.05) is 17.8 Å². The predicted octanol–water partition coefficient (Wildman–Crippen LogP) is 4.44. The summed E-state index contributed by atoms with van der Waals surface area (Å²) in [6, 6.07) is 7.27. The first-order valence-corrected chi connectivity index (χ1v) is 9.15. The van der Waals surface area contributed by atoms with Gasteiger partial charge in [0.2, 0.25) is 0 Å². The number of benzene rings is 1. The summed E-state index contributed by atoms with van der Waals surface area (Å²) >= 11 is 8.15. The highest BCUT2D eigenvalue weighted by atomic mass is 35.5. The normalized spacial score (nSPS) is 19.9. The van der Waals surface area contributed by atoms with E-state index in [2.05, 4.69) is 50.3 Å². The molecule has 2 rings (SSSR count). The van der Waals surface area contributed by atoms with Gasteiger partial charge >= 0.3 is 0 Å². The summed E-state index contributed by atoms with van der Waals surface area (Å²) in [7, 11) is 4.30. The standard InChI is InChI=1S/C17H27ClN2S/c1-12(2)9-14(11-20(3)4)19-16-7-8-21-17-6-5-13(18)10-15(16)17/h5-6,10,12,14,16,19H,7-9,11H2,1-4H3. The van der Waals surface area contributed by atoms with Crippen molar-refractivity contribution in [1.82, 2.24) is 10.2 Å². The molecule has 0 aromatic heterocycles. The van der Waals surface area contributed by atoms with Crippen LogP contribution < -0.4 is 5.32 Å². The number of hydrogen-bond donors (Lipinski definition) is 1. The van der Waals surface area contributed by atoms with Gasteiger partial charge in [0.05, 0.1) is 0 Å². The van der Waals surface area contributed by atoms with Crippen molar-refractivity contribution in [1.29, 1.82) is 0 Å². The van der Waals surface area contributed by atoms with E-state index >= 15 is 0 Å². The minimum absolute atomic E-state index is 0.434. The van der Waals surface area contributed by atoms with Crippen LogP contribution in [0.1, 0.15) is 38.3 Å². The van der Waals surface area contributed by atoms with Crippen molar-refractivity contribution in [3.8, 4) is 0 Å². The maximum atomic E-state index is 6.20. The number of hydrogen-bond acceptors (Lipinski definition) is 3. The molecule has 0 amide bonds. The van der Waals surface area contributed by atoms with Crippen LogP contribution >= 0.6 is 23.4 Å². The van der Waals surface area contributed by atoms with Crippen LogP contribution in [0.2, 0.25) is 5.02 Å². The first kappa shape index (κ1) is 17.1. The molecule has 0 aliphatic carbocycles. The van der Waals surface area contributed by atoms with E-state index in [0.717, 1.165) is 11.6 Å². The first-order chi connectivity index (χ1) is 9.95. The molecule has 1 heterocycles. The molecule has 1 N–H and O–H groups in total. The van der Waals surface area contributed by atoms with Crippen molar-refractivity contribution in [3.05, 3.63) is 28.8 Å². The molecular weight excluding hydrogens is 300 g/mol. The lowest BCUT2D eigenvalue weighted by Gasteiger charge is -2.32. The Labute approximate surface area is 138 Å². The molecule has 4 heteroatoms. The van der Waals surface area contributed by atoms with Crippen LogP contribution in [0.3, 0.4) is 0 Å². The van der Waals surface area contributed by atoms with Gasteiger partial charge in [0.25, 0.3) is 0 Å². The zero-order valence-electron chi connectivity index (χ0n) is 13.5. The third kappa shape index (κ3) is 5.17. The smallest absolute Gasteiger partial charge is 0.0410 e. The van der Waals surface area contributed by atoms with Gasteiger partial charge in [-0.2, -0.15) is 0 Å². The SMILES string of the molecule is CC(C)CC(CN(C)C)NC1CCSc2ccc(Cl)cc21. The number of nitrogens with zero attached hydrogens (tertiary/aromatic N) is 1. The van der Waals surface area contributed by atoms with Gasteiger partial charge in [0.15, 0.2) is 0 Å². The summed E-state index contributed by atoms with van der Waals surface area (Å²) in [5.41, 5.74) is 1.38. The van der Waals surface area contributed by atoms with Gasteiger partial charge in [-0.3, -0.25) is 0 Å². The Hall–Kier alpha value is -0.220. The van der Waals surface area contributed by atoms with E-state index < -0.39 is 0 Å². The summed E-state index contributed by atoms with van der Waals surface area (Å²) in [5, 5.41) is 4.73. The van der Waals surface area contributed by atoms with Crippen LogP contribution in [0.4, 0.5) is 0 Å². The lowest BCUT2D eigenvalue weighted by Crippen LogP contribution is -2.42. The van der Waals surface area contributed by atoms with E-state index in [0.29, 0.717) is 18.0 Å². The molecule has 1 aliphatic heterocycles. The number of nitrogens with one attached hydrogen (secondary N) is 1. The molecule has 2 nitrogen and oxygen atoms in total. The molecule has 0 spiro atoms. The van der Waals surface area contributed by atoms with Crippen molar-refractivity contribution < 1.29 is 0 Å². The highest BCUT2D eigenvalue weighted by Gasteiger charge is 2.24. The zero-order chi connectivity index (χ0) is 15.4. The van der Waals surface area contributed by atoms with Crippen LogP contribution in [-0.2, 0) is 0 Å². The van der Waals surface area contributed by atoms with Crippen LogP contribution in [0.25, 0.3) is 0 Å². The highest BCUT2D eigenvalue weighted by Crippen LogP contribution is 2.37. The Balaban J connectivity index is 2.12. The lowest BCUT2D eigenvalue weighted by molar-refractivity contribution is 0.283. The number of thioether (sulfide) groups is 1. The molecule has 1 aromatic carbocycles. The largest absolute Gasteiger partial charge is 0.308 e. The molecular formula is C17H27ClN2S. The Kier molecular flexibility index (Phi) is 6.42. The quantitative estimate of drug-likeness (QED) is 0.831. The Morgan fingerprint density at radius 1 is 1.38 bits per heavy atom. The van der Waals surface area contributed by atoms with Gasteiger partial charge in [-0.25, -0.2) is 0 Å². The second-order valence-electron chi connectivity index (χ2n) is 6.63. The molecule has 2 atom stereocenters. The summed E-state index contributed by atoms with van der Waals surface area (Å²) in [6.45, 7) is 5.68. The minimum atomic E-state index is 0.434. The lowest BCUT2D eigenvalue weighted by atomic mass is 9.98. The first-order valence-electron chi connectivity index (χ1n) is 7.78. The Morgan fingerprint density at radius 3 is 2.81 bits per heavy atom. The van der Waals surface area contributed by atoms with Gasteiger partial charge in [-0.15, -0.1) is 11.8 Å². The second-order valence-corrected chi connectivity index (χ2v) is 8.20. The summed E-state index contributed by atoms with van der Waals surface area (Å²) in [6.07, 6.45) is 2.39. The number of rotatable bonds is 6. The monoisotopic (exact) mass is 326 g/mol. The molecule has 0 fully saturated rings. The fraction of sp³-hybridized carbons (Fsp3) is 0.647. The topological polar surface area (TPSA) is 15.3 Å². The summed E-state index contributed by atoms with van der Waals surface area (Å²) < 4.78 is 0. The van der Waals surface area contributed by atoms with E-state index in [1.165, 1.54) is 29.1 Å². The fourth-order valence-electron chi connectivity index (χ4n) is 3.03. The average Bonchev–Trinajstić information content (AvgIpc) is 2.38. The average molecular weight is 327 g/mol. The zero-order valence-corrected chi connectivity index (χ0v) is 15.1. The van der Waals surface area contributed by atoms with Crippen LogP contribution in [0.5, 0.6) is 0 Å². The third-order valence-electron chi connectivity index (χ3n) is 3.79. The Bertz CT molecular complexity index is 452. The van der Waals surface area contributed by atoms with Crippen LogP contribution in [-0.4, -0.2) is 37.3 Å². The molecule has 1 aromatic rings. The van der Waals surface area contributed by atoms with E-state index in [9.17, 15) is 0 Å². The summed E-state index contributed by atoms with van der Waals surface area (Å²) in [4.78, 5) is 3.66. The van der Waals surface area contributed by atoms with Crippen molar-refractivity contribution in [2.75, 3.05) is 26.4 Å². The molecule has 21 heavy (non-hydrogen) atoms. The maximum absolute atomic E-state index is 6.20. The molecule has 0 saturated heterocycles. The molecule has 1 aliphatic rings. The van der Waals surface area contributed by atoms with Gasteiger partial charge in [-0.05, 0) is 62.4 Å². The molecule has 0 bridgehead atoms. The maximum Gasteiger partial charge on any atom is 0.0410 e. The van der Waals surface area contributed by atoms with Crippen LogP contribution in [0.15, 0.2) is 23.1 Å². The van der Waals surface area contributed by atoms with E-state index in [1.54, 1.807) is 0 Å². The summed E-state index contributed by atoms with van der Waals surface area (Å²) in [5.74, 6) is 1.89. The number of fused-ring (bicyclic) bond motifs is 1. The van der Waals surface area contributed by atoms with Gasteiger partial charge < -0.3 is 10.2 Å². The predicted molar refractivity (Wildman–Crippen MR) is 94.5 cm³/mol. The van der Waals surface area contributed by atoms with Crippen LogP contribution in [0, 0.1) is 5.92 Å². The molecule has 0 saturated carbocycles. The third-order valence-corrected chi connectivity index (χ3v) is 5.15. The van der Waals surface area contributed by atoms with Crippen molar-refractivity contribution in [3.63, 3.8) is 0 Å². The highest BCUT2D eigenvalue weighted by molar-refractivity contribution is 7.99. The fourth-order valence-corrected chi connectivity index (χ4v) is 4.31. The second kappa shape index (κ2) is 7.87. The van der Waals surface area contributed by atoms with Gasteiger partial charge in [-0.1, -0.05) is 25.4 Å². The molecule has 118 valence electrons. The van der Waals surface area contributed by atoms with Gasteiger partial charge in [0.1, 0.15) is 0 Å². The molecule has 2 unspecified atom stereocenters.